The molecular formula is C31H35N3O2. The van der Waals surface area contributed by atoms with Crippen LogP contribution in [0.4, 0.5) is 4.79 Å². The van der Waals surface area contributed by atoms with Crippen LogP contribution in [0.3, 0.4) is 0 Å². The second kappa shape index (κ2) is 12.9. The molecule has 4 rings (SSSR count). The number of nitrogens with zero attached hydrogens (tertiary/aromatic N) is 1. The van der Waals surface area contributed by atoms with Gasteiger partial charge in [0.25, 0.3) is 0 Å². The van der Waals surface area contributed by atoms with Gasteiger partial charge in [-0.25, -0.2) is 4.79 Å². The first kappa shape index (κ1) is 25.4. The molecule has 4 aromatic rings. The first-order valence-electron chi connectivity index (χ1n) is 12.6. The molecule has 0 aliphatic heterocycles. The van der Waals surface area contributed by atoms with Crippen LogP contribution in [0.1, 0.15) is 41.6 Å². The van der Waals surface area contributed by atoms with Gasteiger partial charge in [0.1, 0.15) is 0 Å². The highest BCUT2D eigenvalue weighted by Crippen LogP contribution is 2.24. The maximum atomic E-state index is 13.2. The maximum Gasteiger partial charge on any atom is 0.318 e. The van der Waals surface area contributed by atoms with E-state index in [0.29, 0.717) is 19.5 Å². The number of urea groups is 1. The zero-order valence-electron chi connectivity index (χ0n) is 20.9. The van der Waals surface area contributed by atoms with Crippen molar-refractivity contribution in [2.75, 3.05) is 13.2 Å². The number of hydrogen-bond donors (Lipinski definition) is 3. The Labute approximate surface area is 213 Å². The Bertz CT molecular complexity index is 1240. The van der Waals surface area contributed by atoms with E-state index in [1.165, 1.54) is 11.1 Å². The number of nitrogens with one attached hydrogen (secondary N) is 2. The van der Waals surface area contributed by atoms with Crippen molar-refractivity contribution in [3.8, 4) is 0 Å². The molecule has 0 spiro atoms. The van der Waals surface area contributed by atoms with E-state index in [0.717, 1.165) is 35.0 Å². The van der Waals surface area contributed by atoms with Gasteiger partial charge in [-0.15, -0.1) is 0 Å². The molecule has 4 aromatic carbocycles. The summed E-state index contributed by atoms with van der Waals surface area (Å²) in [6.45, 7) is 4.66. The topological polar surface area (TPSA) is 64.6 Å². The highest BCUT2D eigenvalue weighted by molar-refractivity contribution is 5.86. The summed E-state index contributed by atoms with van der Waals surface area (Å²) in [4.78, 5) is 15.0. The fraction of sp³-hybridized carbons (Fsp3) is 0.258. The quantitative estimate of drug-likeness (QED) is 0.254. The van der Waals surface area contributed by atoms with Crippen molar-refractivity contribution < 1.29 is 9.90 Å². The molecular weight excluding hydrogens is 446 g/mol. The van der Waals surface area contributed by atoms with Crippen molar-refractivity contribution in [3.05, 3.63) is 119 Å². The van der Waals surface area contributed by atoms with Gasteiger partial charge in [0.05, 0.1) is 6.04 Å². The van der Waals surface area contributed by atoms with Crippen molar-refractivity contribution in [3.63, 3.8) is 0 Å². The van der Waals surface area contributed by atoms with Crippen LogP contribution in [0.15, 0.2) is 97.1 Å². The Balaban J connectivity index is 1.36. The predicted octanol–water partition coefficient (Wildman–Crippen LogP) is 5.78. The van der Waals surface area contributed by atoms with Crippen LogP contribution in [0.2, 0.25) is 0 Å². The summed E-state index contributed by atoms with van der Waals surface area (Å²) >= 11 is 0. The van der Waals surface area contributed by atoms with E-state index in [-0.39, 0.29) is 18.7 Å². The molecule has 186 valence electrons. The standard InChI is InChI=1S/C31H35N3O2/c1-24(29-14-7-12-28-11-5-6-13-30(28)29)33-31(36)34(19-8-20-35)23-27-17-15-26(16-18-27)22-32-21-25-9-3-2-4-10-25/h2-7,9-18,24,32,35H,8,19-23H2,1H3,(H,33,36)/t24-/m0/s1. The lowest BCUT2D eigenvalue weighted by Gasteiger charge is -2.26. The van der Waals surface area contributed by atoms with Gasteiger partial charge >= 0.3 is 6.03 Å². The van der Waals surface area contributed by atoms with Crippen molar-refractivity contribution >= 4 is 16.8 Å². The largest absolute Gasteiger partial charge is 0.396 e. The molecule has 2 amide bonds. The number of carbonyl (C=O) groups is 1. The summed E-state index contributed by atoms with van der Waals surface area (Å²) in [6.07, 6.45) is 0.539. The highest BCUT2D eigenvalue weighted by Gasteiger charge is 2.18. The summed E-state index contributed by atoms with van der Waals surface area (Å²) in [5.41, 5.74) is 4.62. The molecule has 0 saturated heterocycles. The predicted molar refractivity (Wildman–Crippen MR) is 146 cm³/mol. The number of aliphatic hydroxyl groups is 1. The second-order valence-corrected chi connectivity index (χ2v) is 9.14. The van der Waals surface area contributed by atoms with Crippen LogP contribution in [-0.4, -0.2) is 29.2 Å². The average molecular weight is 482 g/mol. The lowest BCUT2D eigenvalue weighted by Crippen LogP contribution is -2.41. The lowest BCUT2D eigenvalue weighted by atomic mass is 10.00. The monoisotopic (exact) mass is 481 g/mol. The van der Waals surface area contributed by atoms with Gasteiger partial charge in [0.15, 0.2) is 0 Å². The van der Waals surface area contributed by atoms with Crippen molar-refractivity contribution in [1.82, 2.24) is 15.5 Å². The molecule has 0 bridgehead atoms. The smallest absolute Gasteiger partial charge is 0.318 e. The van der Waals surface area contributed by atoms with E-state index in [1.54, 1.807) is 4.90 Å². The molecule has 0 saturated carbocycles. The van der Waals surface area contributed by atoms with Crippen molar-refractivity contribution in [2.24, 2.45) is 0 Å². The zero-order chi connectivity index (χ0) is 25.2. The Kier molecular flexibility index (Phi) is 9.09. The van der Waals surface area contributed by atoms with Gasteiger partial charge in [-0.1, -0.05) is 97.1 Å². The van der Waals surface area contributed by atoms with Gasteiger partial charge in [-0.3, -0.25) is 0 Å². The van der Waals surface area contributed by atoms with Crippen molar-refractivity contribution in [2.45, 2.75) is 39.0 Å². The van der Waals surface area contributed by atoms with E-state index < -0.39 is 0 Å². The SMILES string of the molecule is C[C@H](NC(=O)N(CCCO)Cc1ccc(CNCc2ccccc2)cc1)c1cccc2ccccc12. The molecule has 0 aromatic heterocycles. The minimum absolute atomic E-state index is 0.0503. The molecule has 0 aliphatic carbocycles. The van der Waals surface area contributed by atoms with Crippen molar-refractivity contribution in [1.29, 1.82) is 0 Å². The number of carbonyl (C=O) groups excluding carboxylic acids is 1. The number of benzene rings is 4. The molecule has 5 nitrogen and oxygen atoms in total. The van der Waals surface area contributed by atoms with Gasteiger partial charge in [0.2, 0.25) is 0 Å². The molecule has 0 fully saturated rings. The fourth-order valence-electron chi connectivity index (χ4n) is 4.43. The minimum atomic E-state index is -0.140. The molecule has 0 unspecified atom stereocenters. The third kappa shape index (κ3) is 6.94. The molecule has 1 atom stereocenters. The third-order valence-corrected chi connectivity index (χ3v) is 6.40. The summed E-state index contributed by atoms with van der Waals surface area (Å²) in [5, 5.41) is 18.3. The first-order chi connectivity index (χ1) is 17.6. The van der Waals surface area contributed by atoms with Crippen LogP contribution < -0.4 is 10.6 Å². The first-order valence-corrected chi connectivity index (χ1v) is 12.6. The number of amides is 2. The van der Waals surface area contributed by atoms with Gasteiger partial charge in [-0.05, 0) is 46.4 Å². The zero-order valence-corrected chi connectivity index (χ0v) is 20.9. The van der Waals surface area contributed by atoms with E-state index >= 15 is 0 Å². The molecule has 0 heterocycles. The van der Waals surface area contributed by atoms with Crippen LogP contribution in [0, 0.1) is 0 Å². The molecule has 36 heavy (non-hydrogen) atoms. The molecule has 0 aliphatic rings. The number of rotatable bonds is 11. The highest BCUT2D eigenvalue weighted by atomic mass is 16.3. The van der Waals surface area contributed by atoms with E-state index in [4.69, 9.17) is 0 Å². The average Bonchev–Trinajstić information content (AvgIpc) is 2.92. The Morgan fingerprint density at radius 3 is 2.19 bits per heavy atom. The van der Waals surface area contributed by atoms with E-state index in [9.17, 15) is 9.90 Å². The third-order valence-electron chi connectivity index (χ3n) is 6.40. The van der Waals surface area contributed by atoms with Gasteiger partial charge < -0.3 is 20.6 Å². The van der Waals surface area contributed by atoms with E-state index in [1.807, 2.05) is 43.3 Å². The summed E-state index contributed by atoms with van der Waals surface area (Å²) < 4.78 is 0. The normalized spacial score (nSPS) is 11.8. The maximum absolute atomic E-state index is 13.2. The van der Waals surface area contributed by atoms with Crippen LogP contribution >= 0.6 is 0 Å². The van der Waals surface area contributed by atoms with Crippen LogP contribution in [-0.2, 0) is 19.6 Å². The fourth-order valence-corrected chi connectivity index (χ4v) is 4.43. The minimum Gasteiger partial charge on any atom is -0.396 e. The van der Waals surface area contributed by atoms with Gasteiger partial charge in [0, 0.05) is 32.8 Å². The Morgan fingerprint density at radius 2 is 1.44 bits per heavy atom. The molecule has 0 radical (unpaired) electrons. The number of hydrogen-bond acceptors (Lipinski definition) is 3. The molecule has 3 N–H and O–H groups in total. The lowest BCUT2D eigenvalue weighted by molar-refractivity contribution is 0.183. The molecule has 5 heteroatoms. The Hall–Kier alpha value is -3.67. The number of aliphatic hydroxyl groups excluding tert-OH is 1. The second-order valence-electron chi connectivity index (χ2n) is 9.14. The Morgan fingerprint density at radius 1 is 0.806 bits per heavy atom. The number of fused-ring (bicyclic) bond motifs is 1. The van der Waals surface area contributed by atoms with Crippen LogP contribution in [0.25, 0.3) is 10.8 Å². The van der Waals surface area contributed by atoms with Crippen LogP contribution in [0.5, 0.6) is 0 Å². The summed E-state index contributed by atoms with van der Waals surface area (Å²) in [5.74, 6) is 0. The van der Waals surface area contributed by atoms with E-state index in [2.05, 4.69) is 71.3 Å². The van der Waals surface area contributed by atoms with Gasteiger partial charge in [-0.2, -0.15) is 0 Å². The summed E-state index contributed by atoms with van der Waals surface area (Å²) in [7, 11) is 0. The summed E-state index contributed by atoms with van der Waals surface area (Å²) in [6, 6.07) is 32.8.